The summed E-state index contributed by atoms with van der Waals surface area (Å²) in [6.45, 7) is 2.05. The van der Waals surface area contributed by atoms with Crippen LogP contribution in [0.4, 0.5) is 10.6 Å². The molecule has 1 aromatic carbocycles. The summed E-state index contributed by atoms with van der Waals surface area (Å²) in [4.78, 5) is 15.3. The monoisotopic (exact) mass is 258 g/mol. The van der Waals surface area contributed by atoms with Crippen molar-refractivity contribution in [2.75, 3.05) is 11.9 Å². The maximum absolute atomic E-state index is 11.3. The number of nitrogens with one attached hydrogen (secondary N) is 1. The van der Waals surface area contributed by atoms with Crippen LogP contribution in [0.2, 0.25) is 0 Å². The molecule has 0 atom stereocenters. The van der Waals surface area contributed by atoms with Crippen molar-refractivity contribution in [3.05, 3.63) is 48.7 Å². The van der Waals surface area contributed by atoms with Gasteiger partial charge in [-0.05, 0) is 25.1 Å². The van der Waals surface area contributed by atoms with Crippen molar-refractivity contribution in [2.45, 2.75) is 6.92 Å². The third kappa shape index (κ3) is 3.99. The Hall–Kier alpha value is -2.56. The summed E-state index contributed by atoms with van der Waals surface area (Å²) >= 11 is 0. The lowest BCUT2D eigenvalue weighted by atomic mass is 10.3. The first-order valence-corrected chi connectivity index (χ1v) is 5.90. The van der Waals surface area contributed by atoms with Gasteiger partial charge in [-0.2, -0.15) is 0 Å². The molecule has 0 unspecified atom stereocenters. The number of carbonyl (C=O) groups is 1. The summed E-state index contributed by atoms with van der Waals surface area (Å²) in [5.74, 6) is 1.69. The summed E-state index contributed by atoms with van der Waals surface area (Å²) in [6.07, 6.45) is 1.02. The van der Waals surface area contributed by atoms with Gasteiger partial charge in [0.25, 0.3) is 0 Å². The van der Waals surface area contributed by atoms with Crippen molar-refractivity contribution < 1.29 is 14.3 Å². The molecule has 1 heterocycles. The molecule has 5 nitrogen and oxygen atoms in total. The maximum atomic E-state index is 11.3. The van der Waals surface area contributed by atoms with E-state index in [0.717, 1.165) is 5.75 Å². The van der Waals surface area contributed by atoms with Crippen LogP contribution < -0.4 is 10.1 Å². The predicted octanol–water partition coefficient (Wildman–Crippen LogP) is 3.44. The van der Waals surface area contributed by atoms with E-state index in [1.165, 1.54) is 0 Å². The number of benzene rings is 1. The SMILES string of the molecule is CCOC(=O)Nc1cc(Oc2ccccc2)ccn1. The highest BCUT2D eigenvalue weighted by Gasteiger charge is 2.04. The molecule has 1 N–H and O–H groups in total. The minimum Gasteiger partial charge on any atom is -0.457 e. The Balaban J connectivity index is 2.05. The molecule has 1 aromatic heterocycles. The average Bonchev–Trinajstić information content (AvgIpc) is 2.40. The van der Waals surface area contributed by atoms with E-state index in [1.54, 1.807) is 25.3 Å². The smallest absolute Gasteiger partial charge is 0.412 e. The van der Waals surface area contributed by atoms with Crippen molar-refractivity contribution in [2.24, 2.45) is 0 Å². The second-order valence-electron chi connectivity index (χ2n) is 3.64. The minimum atomic E-state index is -0.535. The number of pyridine rings is 1. The van der Waals surface area contributed by atoms with E-state index >= 15 is 0 Å². The van der Waals surface area contributed by atoms with Crippen molar-refractivity contribution in [1.82, 2.24) is 4.98 Å². The Morgan fingerprint density at radius 1 is 1.21 bits per heavy atom. The number of hydrogen-bond donors (Lipinski definition) is 1. The molecule has 98 valence electrons. The fraction of sp³-hybridized carbons (Fsp3) is 0.143. The van der Waals surface area contributed by atoms with Gasteiger partial charge < -0.3 is 9.47 Å². The van der Waals surface area contributed by atoms with Crippen LogP contribution in [0.1, 0.15) is 6.92 Å². The van der Waals surface area contributed by atoms with Crippen LogP contribution in [0.25, 0.3) is 0 Å². The van der Waals surface area contributed by atoms with E-state index in [0.29, 0.717) is 18.2 Å². The number of nitrogens with zero attached hydrogens (tertiary/aromatic N) is 1. The zero-order valence-electron chi connectivity index (χ0n) is 10.5. The summed E-state index contributed by atoms with van der Waals surface area (Å²) in [6, 6.07) is 12.7. The topological polar surface area (TPSA) is 60.5 Å². The van der Waals surface area contributed by atoms with Gasteiger partial charge in [0.15, 0.2) is 0 Å². The Bertz CT molecular complexity index is 543. The number of amides is 1. The number of carbonyl (C=O) groups excluding carboxylic acids is 1. The van der Waals surface area contributed by atoms with Crippen LogP contribution in [-0.4, -0.2) is 17.7 Å². The van der Waals surface area contributed by atoms with E-state index in [-0.39, 0.29) is 0 Å². The molecular weight excluding hydrogens is 244 g/mol. The standard InChI is InChI=1S/C14H14N2O3/c1-2-18-14(17)16-13-10-12(8-9-15-13)19-11-6-4-3-5-7-11/h3-10H,2H2,1H3,(H,15,16,17). The van der Waals surface area contributed by atoms with Gasteiger partial charge >= 0.3 is 6.09 Å². The molecule has 2 rings (SSSR count). The molecule has 0 saturated heterocycles. The molecule has 0 aliphatic rings. The van der Waals surface area contributed by atoms with Gasteiger partial charge in [-0.3, -0.25) is 5.32 Å². The van der Waals surface area contributed by atoms with Crippen LogP contribution in [-0.2, 0) is 4.74 Å². The van der Waals surface area contributed by atoms with Gasteiger partial charge in [-0.1, -0.05) is 18.2 Å². The Kier molecular flexibility index (Phi) is 4.34. The quantitative estimate of drug-likeness (QED) is 0.912. The zero-order chi connectivity index (χ0) is 13.5. The Morgan fingerprint density at radius 2 is 2.00 bits per heavy atom. The van der Waals surface area contributed by atoms with Gasteiger partial charge in [-0.15, -0.1) is 0 Å². The van der Waals surface area contributed by atoms with Gasteiger partial charge in [0.1, 0.15) is 17.3 Å². The largest absolute Gasteiger partial charge is 0.457 e. The summed E-state index contributed by atoms with van der Waals surface area (Å²) in [7, 11) is 0. The summed E-state index contributed by atoms with van der Waals surface area (Å²) < 4.78 is 10.4. The molecular formula is C14H14N2O3. The Morgan fingerprint density at radius 3 is 2.74 bits per heavy atom. The summed E-state index contributed by atoms with van der Waals surface area (Å²) in [5, 5.41) is 2.52. The van der Waals surface area contributed by atoms with Crippen LogP contribution in [0.3, 0.4) is 0 Å². The minimum absolute atomic E-state index is 0.312. The normalized spacial score (nSPS) is 9.74. The van der Waals surface area contributed by atoms with Crippen molar-refractivity contribution in [1.29, 1.82) is 0 Å². The van der Waals surface area contributed by atoms with Crippen molar-refractivity contribution in [3.63, 3.8) is 0 Å². The lowest BCUT2D eigenvalue weighted by Crippen LogP contribution is -2.14. The fourth-order valence-corrected chi connectivity index (χ4v) is 1.44. The van der Waals surface area contributed by atoms with Crippen LogP contribution in [0, 0.1) is 0 Å². The molecule has 0 fully saturated rings. The first-order chi connectivity index (χ1) is 9.28. The van der Waals surface area contributed by atoms with Gasteiger partial charge in [0.2, 0.25) is 0 Å². The van der Waals surface area contributed by atoms with E-state index in [4.69, 9.17) is 9.47 Å². The number of rotatable bonds is 4. The fourth-order valence-electron chi connectivity index (χ4n) is 1.44. The number of ether oxygens (including phenoxy) is 2. The van der Waals surface area contributed by atoms with E-state index in [9.17, 15) is 4.79 Å². The van der Waals surface area contributed by atoms with Gasteiger partial charge in [-0.25, -0.2) is 9.78 Å². The molecule has 0 radical (unpaired) electrons. The molecule has 0 spiro atoms. The number of hydrogen-bond acceptors (Lipinski definition) is 4. The summed E-state index contributed by atoms with van der Waals surface area (Å²) in [5.41, 5.74) is 0. The van der Waals surface area contributed by atoms with E-state index in [1.807, 2.05) is 30.3 Å². The molecule has 0 saturated carbocycles. The van der Waals surface area contributed by atoms with Crippen LogP contribution in [0.15, 0.2) is 48.7 Å². The highest BCUT2D eigenvalue weighted by Crippen LogP contribution is 2.22. The molecule has 5 heteroatoms. The number of aromatic nitrogens is 1. The van der Waals surface area contributed by atoms with Crippen molar-refractivity contribution >= 4 is 11.9 Å². The average molecular weight is 258 g/mol. The number of anilines is 1. The lowest BCUT2D eigenvalue weighted by molar-refractivity contribution is 0.168. The molecule has 2 aromatic rings. The van der Waals surface area contributed by atoms with Gasteiger partial charge in [0, 0.05) is 12.3 Å². The van der Waals surface area contributed by atoms with Crippen LogP contribution >= 0.6 is 0 Å². The molecule has 0 aliphatic carbocycles. The first-order valence-electron chi connectivity index (χ1n) is 5.90. The maximum Gasteiger partial charge on any atom is 0.412 e. The second kappa shape index (κ2) is 6.39. The zero-order valence-corrected chi connectivity index (χ0v) is 10.5. The highest BCUT2D eigenvalue weighted by atomic mass is 16.5. The third-order valence-electron chi connectivity index (χ3n) is 2.22. The molecule has 0 bridgehead atoms. The highest BCUT2D eigenvalue weighted by molar-refractivity contribution is 5.83. The third-order valence-corrected chi connectivity index (χ3v) is 2.22. The van der Waals surface area contributed by atoms with E-state index in [2.05, 4.69) is 10.3 Å². The second-order valence-corrected chi connectivity index (χ2v) is 3.64. The first kappa shape index (κ1) is 12.9. The Labute approximate surface area is 111 Å². The molecule has 1 amide bonds. The van der Waals surface area contributed by atoms with Crippen LogP contribution in [0.5, 0.6) is 11.5 Å². The molecule has 19 heavy (non-hydrogen) atoms. The molecule has 0 aliphatic heterocycles. The lowest BCUT2D eigenvalue weighted by Gasteiger charge is -2.07. The number of para-hydroxylation sites is 1. The van der Waals surface area contributed by atoms with Crippen molar-refractivity contribution in [3.8, 4) is 11.5 Å². The van der Waals surface area contributed by atoms with E-state index < -0.39 is 6.09 Å². The predicted molar refractivity (Wildman–Crippen MR) is 71.4 cm³/mol. The van der Waals surface area contributed by atoms with Gasteiger partial charge in [0.05, 0.1) is 6.61 Å².